The molecule has 0 bridgehead atoms. The highest BCUT2D eigenvalue weighted by Crippen LogP contribution is 2.40. The first-order chi connectivity index (χ1) is 15.4. The van der Waals surface area contributed by atoms with Crippen LogP contribution in [0.3, 0.4) is 0 Å². The second-order valence-electron chi connectivity index (χ2n) is 11.0. The van der Waals surface area contributed by atoms with Crippen molar-refractivity contribution in [1.29, 1.82) is 0 Å². The van der Waals surface area contributed by atoms with Crippen molar-refractivity contribution in [3.05, 3.63) is 83.4 Å². The summed E-state index contributed by atoms with van der Waals surface area (Å²) in [4.78, 5) is 2.38. The number of para-hydroxylation sites is 1. The van der Waals surface area contributed by atoms with Gasteiger partial charge in [-0.3, -0.25) is 0 Å². The van der Waals surface area contributed by atoms with Crippen LogP contribution in [0.4, 0.5) is 5.69 Å². The maximum atomic E-state index is 6.03. The van der Waals surface area contributed by atoms with Gasteiger partial charge in [0.25, 0.3) is 0 Å². The average molecular weight is 462 g/mol. The van der Waals surface area contributed by atoms with Gasteiger partial charge in [0.05, 0.1) is 7.11 Å². The van der Waals surface area contributed by atoms with Crippen molar-refractivity contribution < 1.29 is 4.74 Å². The van der Waals surface area contributed by atoms with Gasteiger partial charge in [-0.2, -0.15) is 0 Å². The molecular formula is C30H40NOP. The van der Waals surface area contributed by atoms with Crippen LogP contribution in [-0.2, 0) is 17.4 Å². The lowest BCUT2D eigenvalue weighted by Crippen LogP contribution is -2.26. The van der Waals surface area contributed by atoms with E-state index < -0.39 is 7.92 Å². The second-order valence-corrected chi connectivity index (χ2v) is 13.1. The number of benzene rings is 3. The molecule has 0 amide bonds. The van der Waals surface area contributed by atoms with Crippen molar-refractivity contribution in [2.24, 2.45) is 0 Å². The number of ether oxygens (including phenoxy) is 1. The molecule has 0 aromatic heterocycles. The van der Waals surface area contributed by atoms with E-state index in [1.54, 1.807) is 7.11 Å². The first kappa shape index (κ1) is 25.3. The maximum Gasteiger partial charge on any atom is 0.127 e. The van der Waals surface area contributed by atoms with Crippen molar-refractivity contribution in [3.8, 4) is 5.75 Å². The lowest BCUT2D eigenvalue weighted by molar-refractivity contribution is 0.391. The number of methoxy groups -OCH3 is 1. The quantitative estimate of drug-likeness (QED) is 0.367. The fraction of sp³-hybridized carbons (Fsp3) is 0.400. The minimum atomic E-state index is -0.432. The molecule has 0 spiro atoms. The number of nitrogens with zero attached hydrogens (tertiary/aromatic N) is 1. The summed E-state index contributed by atoms with van der Waals surface area (Å²) in [5.41, 5.74) is 5.23. The van der Waals surface area contributed by atoms with Gasteiger partial charge in [-0.05, 0) is 48.4 Å². The Morgan fingerprint density at radius 1 is 0.818 bits per heavy atom. The molecule has 0 fully saturated rings. The van der Waals surface area contributed by atoms with Crippen LogP contribution < -0.4 is 20.2 Å². The molecule has 0 saturated carbocycles. The summed E-state index contributed by atoms with van der Waals surface area (Å²) in [5.74, 6) is 1.02. The van der Waals surface area contributed by atoms with E-state index in [0.29, 0.717) is 0 Å². The van der Waals surface area contributed by atoms with E-state index in [1.165, 1.54) is 33.0 Å². The summed E-state index contributed by atoms with van der Waals surface area (Å²) in [5, 5.41) is 2.80. The third kappa shape index (κ3) is 5.79. The molecule has 0 heterocycles. The van der Waals surface area contributed by atoms with Crippen molar-refractivity contribution in [2.75, 3.05) is 25.7 Å². The Hall–Kier alpha value is -2.31. The molecule has 0 saturated heterocycles. The Bertz CT molecular complexity index is 1080. The summed E-state index contributed by atoms with van der Waals surface area (Å²) in [6.45, 7) is 16.8. The molecule has 0 aliphatic rings. The topological polar surface area (TPSA) is 12.5 Å². The van der Waals surface area contributed by atoms with E-state index in [9.17, 15) is 0 Å². The zero-order valence-corrected chi connectivity index (χ0v) is 22.8. The fourth-order valence-corrected chi connectivity index (χ4v) is 6.04. The van der Waals surface area contributed by atoms with Gasteiger partial charge in [-0.25, -0.2) is 0 Å². The molecule has 0 aliphatic heterocycles. The van der Waals surface area contributed by atoms with Crippen LogP contribution >= 0.6 is 7.92 Å². The Labute approximate surface area is 202 Å². The van der Waals surface area contributed by atoms with Crippen molar-refractivity contribution in [3.63, 3.8) is 0 Å². The van der Waals surface area contributed by atoms with Gasteiger partial charge < -0.3 is 9.64 Å². The van der Waals surface area contributed by atoms with Crippen molar-refractivity contribution >= 4 is 24.2 Å². The Balaban J connectivity index is 2.06. The summed E-state index contributed by atoms with van der Waals surface area (Å²) in [7, 11) is 3.57. The standard InChI is InChI=1S/C30H40NOP/c1-29(2,3)23-19-22(28(32-8)25(20-23)30(4,5)6)21-31(7)26-17-13-14-18-27(26)33(9)24-15-11-10-12-16-24/h10-20H,21H2,1-9H3. The molecule has 2 nitrogen and oxygen atoms in total. The largest absolute Gasteiger partial charge is 0.496 e. The number of rotatable bonds is 6. The van der Waals surface area contributed by atoms with Gasteiger partial charge in [0.2, 0.25) is 0 Å². The van der Waals surface area contributed by atoms with Crippen LogP contribution in [0, 0.1) is 0 Å². The van der Waals surface area contributed by atoms with Gasteiger partial charge in [-0.15, -0.1) is 0 Å². The molecule has 1 atom stereocenters. The van der Waals surface area contributed by atoms with E-state index in [-0.39, 0.29) is 10.8 Å². The molecule has 0 radical (unpaired) electrons. The predicted molar refractivity (Wildman–Crippen MR) is 147 cm³/mol. The van der Waals surface area contributed by atoms with E-state index in [4.69, 9.17) is 4.74 Å². The molecule has 0 N–H and O–H groups in total. The Kier molecular flexibility index (Phi) is 7.59. The molecular weight excluding hydrogens is 421 g/mol. The van der Waals surface area contributed by atoms with Crippen LogP contribution in [0.5, 0.6) is 5.75 Å². The van der Waals surface area contributed by atoms with Gasteiger partial charge >= 0.3 is 0 Å². The normalized spacial score (nSPS) is 13.0. The molecule has 3 aromatic rings. The fourth-order valence-electron chi connectivity index (χ4n) is 4.24. The summed E-state index contributed by atoms with van der Waals surface area (Å²) in [6, 6.07) is 24.4. The monoisotopic (exact) mass is 461 g/mol. The first-order valence-electron chi connectivity index (χ1n) is 11.7. The minimum Gasteiger partial charge on any atom is -0.496 e. The lowest BCUT2D eigenvalue weighted by Gasteiger charge is -2.31. The molecule has 1 unspecified atom stereocenters. The summed E-state index contributed by atoms with van der Waals surface area (Å²) >= 11 is 0. The predicted octanol–water partition coefficient (Wildman–Crippen LogP) is 6.99. The highest BCUT2D eigenvalue weighted by molar-refractivity contribution is 7.72. The van der Waals surface area contributed by atoms with E-state index in [1.807, 2.05) is 0 Å². The maximum absolute atomic E-state index is 6.03. The van der Waals surface area contributed by atoms with Gasteiger partial charge in [0.1, 0.15) is 5.75 Å². The van der Waals surface area contributed by atoms with E-state index >= 15 is 0 Å². The molecule has 33 heavy (non-hydrogen) atoms. The average Bonchev–Trinajstić information content (AvgIpc) is 2.77. The Morgan fingerprint density at radius 2 is 1.42 bits per heavy atom. The highest BCUT2D eigenvalue weighted by Gasteiger charge is 2.26. The third-order valence-electron chi connectivity index (χ3n) is 6.25. The Morgan fingerprint density at radius 3 is 2.00 bits per heavy atom. The number of anilines is 1. The SMILES string of the molecule is COc1c(CN(C)c2ccccc2P(C)c2ccccc2)cc(C(C)(C)C)cc1C(C)(C)C. The van der Waals surface area contributed by atoms with Crippen LogP contribution in [0.1, 0.15) is 58.2 Å². The smallest absolute Gasteiger partial charge is 0.127 e. The lowest BCUT2D eigenvalue weighted by atomic mass is 9.79. The van der Waals surface area contributed by atoms with E-state index in [0.717, 1.165) is 12.3 Å². The highest BCUT2D eigenvalue weighted by atomic mass is 31.1. The van der Waals surface area contributed by atoms with E-state index in [2.05, 4.69) is 127 Å². The first-order valence-corrected chi connectivity index (χ1v) is 13.5. The molecule has 176 valence electrons. The van der Waals surface area contributed by atoms with Gasteiger partial charge in [0, 0.05) is 35.7 Å². The minimum absolute atomic E-state index is 0.00286. The van der Waals surface area contributed by atoms with Gasteiger partial charge in [-0.1, -0.05) is 96.1 Å². The molecule has 3 rings (SSSR count). The van der Waals surface area contributed by atoms with Gasteiger partial charge in [0.15, 0.2) is 0 Å². The van der Waals surface area contributed by atoms with Crippen LogP contribution in [-0.4, -0.2) is 20.8 Å². The van der Waals surface area contributed by atoms with Crippen molar-refractivity contribution in [2.45, 2.75) is 58.9 Å². The summed E-state index contributed by atoms with van der Waals surface area (Å²) < 4.78 is 6.03. The van der Waals surface area contributed by atoms with Crippen LogP contribution in [0.2, 0.25) is 0 Å². The molecule has 0 aliphatic carbocycles. The zero-order valence-electron chi connectivity index (χ0n) is 21.9. The number of hydrogen-bond acceptors (Lipinski definition) is 2. The third-order valence-corrected chi connectivity index (χ3v) is 8.42. The van der Waals surface area contributed by atoms with Crippen LogP contribution in [0.25, 0.3) is 0 Å². The summed E-state index contributed by atoms with van der Waals surface area (Å²) in [6.07, 6.45) is 0. The number of hydrogen-bond donors (Lipinski definition) is 0. The van der Waals surface area contributed by atoms with Crippen molar-refractivity contribution in [1.82, 2.24) is 0 Å². The zero-order chi connectivity index (χ0) is 24.4. The molecule has 3 aromatic carbocycles. The van der Waals surface area contributed by atoms with Crippen LogP contribution in [0.15, 0.2) is 66.7 Å². The second kappa shape index (κ2) is 9.90. The molecule has 3 heteroatoms.